The van der Waals surface area contributed by atoms with E-state index in [9.17, 15) is 18.5 Å². The van der Waals surface area contributed by atoms with Crippen LogP contribution in [-0.2, 0) is 34.6 Å². The molecule has 3 heterocycles. The summed E-state index contributed by atoms with van der Waals surface area (Å²) in [6.45, 7) is 7.70. The summed E-state index contributed by atoms with van der Waals surface area (Å²) in [5.74, 6) is 1.91. The van der Waals surface area contributed by atoms with Crippen molar-refractivity contribution in [3.8, 4) is 40.2 Å². The number of carbonyl (C=O) groups excluding carboxylic acids is 1. The molecule has 4 aromatic rings. The lowest BCUT2D eigenvalue weighted by molar-refractivity contribution is -0.121. The van der Waals surface area contributed by atoms with Gasteiger partial charge in [0, 0.05) is 48.6 Å². The van der Waals surface area contributed by atoms with Gasteiger partial charge in [0.15, 0.2) is 11.5 Å². The van der Waals surface area contributed by atoms with E-state index in [1.165, 1.54) is 20.0 Å². The molecule has 53 heavy (non-hydrogen) atoms. The molecular weight excluding hydrogens is 716 g/mol. The van der Waals surface area contributed by atoms with Crippen molar-refractivity contribution in [3.05, 3.63) is 99.8 Å². The fraction of sp³-hybridized carbons (Fsp3) is 0.375. The van der Waals surface area contributed by atoms with Gasteiger partial charge in [-0.15, -0.1) is 0 Å². The molecule has 0 radical (unpaired) electrons. The van der Waals surface area contributed by atoms with Crippen LogP contribution in [0.4, 0.5) is 0 Å². The van der Waals surface area contributed by atoms with Gasteiger partial charge in [0.1, 0.15) is 44.0 Å². The molecule has 6 rings (SSSR count). The molecule has 0 bridgehead atoms. The van der Waals surface area contributed by atoms with E-state index in [-0.39, 0.29) is 25.7 Å². The van der Waals surface area contributed by atoms with Crippen LogP contribution in [0.3, 0.4) is 0 Å². The number of aromatic nitrogens is 1. The van der Waals surface area contributed by atoms with Crippen LogP contribution < -0.4 is 23.7 Å². The molecular formula is C40H43ClN4O7S. The molecule has 0 spiro atoms. The maximum absolute atomic E-state index is 12.9. The number of likely N-dealkylation sites (tertiary alicyclic amines) is 1. The van der Waals surface area contributed by atoms with Gasteiger partial charge in [-0.05, 0) is 86.7 Å². The Bertz CT molecular complexity index is 2120. The Morgan fingerprint density at radius 2 is 1.81 bits per heavy atom. The number of nitrogens with one attached hydrogen (secondary N) is 1. The summed E-state index contributed by atoms with van der Waals surface area (Å²) < 4.78 is 51.2. The topological polar surface area (TPSA) is 140 Å². The van der Waals surface area contributed by atoms with Crippen LogP contribution in [-0.4, -0.2) is 55.3 Å². The van der Waals surface area contributed by atoms with Crippen LogP contribution in [0.2, 0.25) is 5.02 Å². The fourth-order valence-corrected chi connectivity index (χ4v) is 7.38. The average molecular weight is 759 g/mol. The van der Waals surface area contributed by atoms with Gasteiger partial charge in [-0.2, -0.15) is 5.26 Å². The number of halogens is 1. The summed E-state index contributed by atoms with van der Waals surface area (Å²) in [6.07, 6.45) is 5.80. The van der Waals surface area contributed by atoms with Gasteiger partial charge >= 0.3 is 0 Å². The van der Waals surface area contributed by atoms with Crippen molar-refractivity contribution in [2.24, 2.45) is 0 Å². The number of fused-ring (bicyclic) bond motifs is 1. The Kier molecular flexibility index (Phi) is 12.1. The van der Waals surface area contributed by atoms with E-state index in [0.29, 0.717) is 41.8 Å². The molecule has 1 N–H and O–H groups in total. The quantitative estimate of drug-likeness (QED) is 0.150. The van der Waals surface area contributed by atoms with Crippen molar-refractivity contribution in [1.82, 2.24) is 14.6 Å². The first-order chi connectivity index (χ1) is 25.5. The van der Waals surface area contributed by atoms with Gasteiger partial charge in [-0.1, -0.05) is 42.3 Å². The summed E-state index contributed by atoms with van der Waals surface area (Å²) in [5.41, 5.74) is 6.02. The molecule has 1 atom stereocenters. The normalized spacial score (nSPS) is 15.8. The summed E-state index contributed by atoms with van der Waals surface area (Å²) in [7, 11) is -3.73. The first-order valence-corrected chi connectivity index (χ1v) is 19.6. The minimum atomic E-state index is -3.73. The Morgan fingerprint density at radius 3 is 2.60 bits per heavy atom. The zero-order chi connectivity index (χ0) is 37.5. The number of pyridine rings is 1. The molecule has 11 nitrogen and oxygen atoms in total. The highest BCUT2D eigenvalue weighted by Crippen LogP contribution is 2.38. The van der Waals surface area contributed by atoms with Crippen LogP contribution in [0.25, 0.3) is 11.1 Å². The third kappa shape index (κ3) is 9.40. The zero-order valence-corrected chi connectivity index (χ0v) is 31.6. The van der Waals surface area contributed by atoms with Crippen LogP contribution in [0.1, 0.15) is 67.3 Å². The lowest BCUT2D eigenvalue weighted by Crippen LogP contribution is -2.44. The van der Waals surface area contributed by atoms with E-state index in [2.05, 4.69) is 33.7 Å². The number of hydrogen-bond donors (Lipinski definition) is 1. The minimum absolute atomic E-state index is 0.0500. The SMILES string of the molecule is Cc1c(COc2cc(OCc3cncc(C#N)c3)c(CN3CCCCC3CC(=O)NS(=O)(=O)C(C)C)cc2Cl)cccc1-c1ccc2c(c1)OCCO2. The highest BCUT2D eigenvalue weighted by Gasteiger charge is 2.28. The molecule has 0 saturated carbocycles. The second-order valence-electron chi connectivity index (χ2n) is 13.6. The van der Waals surface area contributed by atoms with Crippen LogP contribution in [0.5, 0.6) is 23.0 Å². The highest BCUT2D eigenvalue weighted by atomic mass is 35.5. The number of benzene rings is 3. The molecule has 3 aromatic carbocycles. The van der Waals surface area contributed by atoms with Gasteiger partial charge in [0.05, 0.1) is 15.8 Å². The second-order valence-corrected chi connectivity index (χ2v) is 16.2. The molecule has 278 valence electrons. The number of amides is 1. The van der Waals surface area contributed by atoms with Crippen molar-refractivity contribution in [2.45, 2.75) is 77.5 Å². The Hall–Kier alpha value is -4.83. The summed E-state index contributed by atoms with van der Waals surface area (Å²) in [5, 5.41) is 9.06. The molecule has 1 fully saturated rings. The fourth-order valence-electron chi connectivity index (χ4n) is 6.50. The average Bonchev–Trinajstić information content (AvgIpc) is 3.15. The number of nitrogens with zero attached hydrogens (tertiary/aromatic N) is 3. The number of ether oxygens (including phenoxy) is 4. The van der Waals surface area contributed by atoms with Crippen molar-refractivity contribution in [1.29, 1.82) is 5.26 Å². The summed E-state index contributed by atoms with van der Waals surface area (Å²) in [4.78, 5) is 19.2. The van der Waals surface area contributed by atoms with E-state index < -0.39 is 21.2 Å². The van der Waals surface area contributed by atoms with E-state index in [1.54, 1.807) is 18.3 Å². The first-order valence-electron chi connectivity index (χ1n) is 17.7. The standard InChI is InChI=1S/C40H43ClN4O7S/c1-26(2)53(47,48)44-40(46)18-33-8-4-5-12-45(33)23-32-16-35(41)38(19-37(32)51-24-29-15-28(20-42)21-43-22-29)52-25-31-7-6-9-34(27(31)3)30-10-11-36-39(17-30)50-14-13-49-36/h6-7,9-11,15-17,19,21-22,26,33H,4-5,8,12-14,18,23-25H2,1-3H3,(H,44,46). The predicted molar refractivity (Wildman–Crippen MR) is 202 cm³/mol. The number of hydrogen-bond acceptors (Lipinski definition) is 10. The minimum Gasteiger partial charge on any atom is -0.488 e. The Balaban J connectivity index is 1.24. The third-order valence-electron chi connectivity index (χ3n) is 9.54. The van der Waals surface area contributed by atoms with Gasteiger partial charge in [-0.3, -0.25) is 19.4 Å². The monoisotopic (exact) mass is 758 g/mol. The third-order valence-corrected chi connectivity index (χ3v) is 11.6. The number of piperidine rings is 1. The molecule has 2 aliphatic rings. The maximum atomic E-state index is 12.9. The van der Waals surface area contributed by atoms with E-state index in [1.807, 2.05) is 36.4 Å². The maximum Gasteiger partial charge on any atom is 0.237 e. The van der Waals surface area contributed by atoms with Gasteiger partial charge < -0.3 is 18.9 Å². The number of rotatable bonds is 13. The largest absolute Gasteiger partial charge is 0.488 e. The molecule has 0 aliphatic carbocycles. The lowest BCUT2D eigenvalue weighted by atomic mass is 9.96. The number of carbonyl (C=O) groups is 1. The van der Waals surface area contributed by atoms with Crippen molar-refractivity contribution >= 4 is 27.5 Å². The molecule has 1 saturated heterocycles. The van der Waals surface area contributed by atoms with Gasteiger partial charge in [0.2, 0.25) is 15.9 Å². The van der Waals surface area contributed by atoms with E-state index in [0.717, 1.165) is 70.7 Å². The molecule has 1 amide bonds. The first kappa shape index (κ1) is 37.9. The van der Waals surface area contributed by atoms with Crippen LogP contribution in [0.15, 0.2) is 67.0 Å². The van der Waals surface area contributed by atoms with Crippen molar-refractivity contribution in [2.75, 3.05) is 19.8 Å². The Labute approximate surface area is 315 Å². The predicted octanol–water partition coefficient (Wildman–Crippen LogP) is 7.11. The second kappa shape index (κ2) is 16.9. The zero-order valence-electron chi connectivity index (χ0n) is 30.1. The smallest absolute Gasteiger partial charge is 0.237 e. The molecule has 1 aromatic heterocycles. The Morgan fingerprint density at radius 1 is 1.02 bits per heavy atom. The lowest BCUT2D eigenvalue weighted by Gasteiger charge is -2.36. The van der Waals surface area contributed by atoms with Crippen molar-refractivity contribution in [3.63, 3.8) is 0 Å². The van der Waals surface area contributed by atoms with Crippen LogP contribution >= 0.6 is 11.6 Å². The van der Waals surface area contributed by atoms with Crippen LogP contribution in [0, 0.1) is 18.3 Å². The van der Waals surface area contributed by atoms with Gasteiger partial charge in [-0.25, -0.2) is 8.42 Å². The van der Waals surface area contributed by atoms with E-state index >= 15 is 0 Å². The molecule has 13 heteroatoms. The van der Waals surface area contributed by atoms with Crippen molar-refractivity contribution < 1.29 is 32.2 Å². The van der Waals surface area contributed by atoms with Gasteiger partial charge in [0.25, 0.3) is 0 Å². The highest BCUT2D eigenvalue weighted by molar-refractivity contribution is 7.90. The number of nitriles is 1. The summed E-state index contributed by atoms with van der Waals surface area (Å²) >= 11 is 6.90. The summed E-state index contributed by atoms with van der Waals surface area (Å²) in [6, 6.07) is 19.3. The van der Waals surface area contributed by atoms with E-state index in [4.69, 9.17) is 30.5 Å². The molecule has 2 aliphatic heterocycles. The number of sulfonamides is 1. The molecule has 1 unspecified atom stereocenters.